The molecule has 2 heterocycles. The number of nitrogens with zero attached hydrogens (tertiary/aromatic N) is 4. The zero-order chi connectivity index (χ0) is 21.2. The van der Waals surface area contributed by atoms with E-state index in [1.165, 1.54) is 11.3 Å². The Hall–Kier alpha value is -2.61. The van der Waals surface area contributed by atoms with Crippen LogP contribution in [0.5, 0.6) is 0 Å². The van der Waals surface area contributed by atoms with Crippen molar-refractivity contribution in [2.75, 3.05) is 23.8 Å². The molecule has 0 fully saturated rings. The summed E-state index contributed by atoms with van der Waals surface area (Å²) in [5.41, 5.74) is 1.77. The SMILES string of the molecule is CC[C@@H](C)NC(=O)CN(C)c1nn2c(NC(C)(C)C)c(-c3ccccc3)nc2s1. The molecule has 7 nitrogen and oxygen atoms in total. The summed E-state index contributed by atoms with van der Waals surface area (Å²) in [7, 11) is 1.88. The number of carbonyl (C=O) groups excluding carboxylic acids is 1. The van der Waals surface area contributed by atoms with Crippen molar-refractivity contribution < 1.29 is 4.79 Å². The lowest BCUT2D eigenvalue weighted by atomic mass is 10.1. The number of hydrogen-bond donors (Lipinski definition) is 2. The van der Waals surface area contributed by atoms with Crippen LogP contribution >= 0.6 is 11.3 Å². The largest absolute Gasteiger partial charge is 0.364 e. The second kappa shape index (κ2) is 8.41. The van der Waals surface area contributed by atoms with Crippen molar-refractivity contribution in [2.24, 2.45) is 0 Å². The quantitative estimate of drug-likeness (QED) is 0.611. The van der Waals surface area contributed by atoms with Crippen LogP contribution in [0.1, 0.15) is 41.0 Å². The van der Waals surface area contributed by atoms with E-state index in [0.717, 1.165) is 33.6 Å². The number of anilines is 2. The van der Waals surface area contributed by atoms with Gasteiger partial charge in [0, 0.05) is 24.2 Å². The first kappa shape index (κ1) is 21.1. The summed E-state index contributed by atoms with van der Waals surface area (Å²) < 4.78 is 1.84. The topological polar surface area (TPSA) is 74.6 Å². The van der Waals surface area contributed by atoms with Gasteiger partial charge in [-0.2, -0.15) is 4.52 Å². The first-order chi connectivity index (χ1) is 13.7. The molecule has 8 heteroatoms. The van der Waals surface area contributed by atoms with E-state index < -0.39 is 0 Å². The van der Waals surface area contributed by atoms with Crippen molar-refractivity contribution in [3.05, 3.63) is 30.3 Å². The van der Waals surface area contributed by atoms with E-state index in [-0.39, 0.29) is 24.0 Å². The Bertz CT molecular complexity index is 972. The highest BCUT2D eigenvalue weighted by Crippen LogP contribution is 2.34. The van der Waals surface area contributed by atoms with Crippen LogP contribution in [-0.4, -0.2) is 45.7 Å². The minimum absolute atomic E-state index is 0.00675. The van der Waals surface area contributed by atoms with E-state index in [4.69, 9.17) is 10.1 Å². The van der Waals surface area contributed by atoms with Gasteiger partial charge in [-0.15, -0.1) is 5.10 Å². The van der Waals surface area contributed by atoms with Gasteiger partial charge < -0.3 is 15.5 Å². The van der Waals surface area contributed by atoms with Crippen LogP contribution in [0.15, 0.2) is 30.3 Å². The minimum atomic E-state index is -0.147. The molecule has 2 aromatic heterocycles. The predicted molar refractivity (Wildman–Crippen MR) is 121 cm³/mol. The lowest BCUT2D eigenvalue weighted by molar-refractivity contribution is -0.120. The normalized spacial score (nSPS) is 12.8. The van der Waals surface area contributed by atoms with Crippen LogP contribution in [0.3, 0.4) is 0 Å². The number of likely N-dealkylation sites (N-methyl/N-ethyl adjacent to an activating group) is 1. The summed E-state index contributed by atoms with van der Waals surface area (Å²) in [6, 6.07) is 10.3. The Morgan fingerprint density at radius 2 is 1.97 bits per heavy atom. The molecule has 0 aliphatic rings. The van der Waals surface area contributed by atoms with Gasteiger partial charge in [0.1, 0.15) is 5.69 Å². The number of rotatable bonds is 7. The highest BCUT2D eigenvalue weighted by molar-refractivity contribution is 7.20. The van der Waals surface area contributed by atoms with Gasteiger partial charge in [-0.3, -0.25) is 4.79 Å². The zero-order valence-electron chi connectivity index (χ0n) is 18.0. The molecule has 29 heavy (non-hydrogen) atoms. The molecule has 0 radical (unpaired) electrons. The fraction of sp³-hybridized carbons (Fsp3) is 0.476. The van der Waals surface area contributed by atoms with E-state index in [1.807, 2.05) is 53.7 Å². The number of imidazole rings is 1. The summed E-state index contributed by atoms with van der Waals surface area (Å²) in [6.45, 7) is 10.7. The predicted octanol–water partition coefficient (Wildman–Crippen LogP) is 4.02. The van der Waals surface area contributed by atoms with E-state index in [9.17, 15) is 4.79 Å². The molecule has 0 bridgehead atoms. The molecule has 156 valence electrons. The lowest BCUT2D eigenvalue weighted by Crippen LogP contribution is -2.39. The number of hydrogen-bond acceptors (Lipinski definition) is 6. The molecule has 1 amide bonds. The smallest absolute Gasteiger partial charge is 0.239 e. The summed E-state index contributed by atoms with van der Waals surface area (Å²) in [4.78, 5) is 19.7. The molecular weight excluding hydrogens is 384 g/mol. The molecule has 2 N–H and O–H groups in total. The number of benzene rings is 1. The van der Waals surface area contributed by atoms with E-state index >= 15 is 0 Å². The maximum atomic E-state index is 12.2. The maximum absolute atomic E-state index is 12.2. The number of fused-ring (bicyclic) bond motifs is 1. The molecule has 0 aliphatic heterocycles. The van der Waals surface area contributed by atoms with Crippen LogP contribution in [0, 0.1) is 0 Å². The van der Waals surface area contributed by atoms with Crippen molar-refractivity contribution in [1.29, 1.82) is 0 Å². The van der Waals surface area contributed by atoms with Crippen LogP contribution in [0.4, 0.5) is 10.9 Å². The van der Waals surface area contributed by atoms with Gasteiger partial charge in [-0.05, 0) is 34.1 Å². The van der Waals surface area contributed by atoms with Gasteiger partial charge in [0.15, 0.2) is 5.82 Å². The molecule has 3 rings (SSSR count). The monoisotopic (exact) mass is 414 g/mol. The highest BCUT2D eigenvalue weighted by atomic mass is 32.1. The molecular formula is C21H30N6OS. The Morgan fingerprint density at radius 1 is 1.28 bits per heavy atom. The summed E-state index contributed by atoms with van der Waals surface area (Å²) in [5, 5.41) is 12.0. The first-order valence-electron chi connectivity index (χ1n) is 9.91. The Labute approximate surface area is 176 Å². The average Bonchev–Trinajstić information content (AvgIpc) is 3.20. The van der Waals surface area contributed by atoms with Crippen LogP contribution < -0.4 is 15.5 Å². The third-order valence-corrected chi connectivity index (χ3v) is 5.48. The van der Waals surface area contributed by atoms with Crippen molar-refractivity contribution in [2.45, 2.75) is 52.6 Å². The van der Waals surface area contributed by atoms with Crippen LogP contribution in [0.25, 0.3) is 16.2 Å². The number of amides is 1. The second-order valence-electron chi connectivity index (χ2n) is 8.36. The van der Waals surface area contributed by atoms with Crippen LogP contribution in [-0.2, 0) is 4.79 Å². The molecule has 0 unspecified atom stereocenters. The van der Waals surface area contributed by atoms with Gasteiger partial charge in [-0.1, -0.05) is 48.6 Å². The Morgan fingerprint density at radius 3 is 2.59 bits per heavy atom. The van der Waals surface area contributed by atoms with Crippen molar-refractivity contribution in [3.63, 3.8) is 0 Å². The maximum Gasteiger partial charge on any atom is 0.239 e. The lowest BCUT2D eigenvalue weighted by Gasteiger charge is -2.22. The molecule has 1 aromatic carbocycles. The molecule has 0 spiro atoms. The number of carbonyl (C=O) groups is 1. The van der Waals surface area contributed by atoms with Gasteiger partial charge in [-0.25, -0.2) is 4.98 Å². The fourth-order valence-electron chi connectivity index (χ4n) is 2.86. The van der Waals surface area contributed by atoms with E-state index in [0.29, 0.717) is 0 Å². The van der Waals surface area contributed by atoms with E-state index in [1.54, 1.807) is 0 Å². The molecule has 0 saturated heterocycles. The zero-order valence-corrected chi connectivity index (χ0v) is 18.8. The third kappa shape index (κ3) is 5.06. The Balaban J connectivity index is 1.92. The molecule has 1 atom stereocenters. The number of aromatic nitrogens is 3. The van der Waals surface area contributed by atoms with Gasteiger partial charge in [0.2, 0.25) is 16.0 Å². The highest BCUT2D eigenvalue weighted by Gasteiger charge is 2.23. The standard InChI is InChI=1S/C21H30N6OS/c1-7-14(2)22-16(28)13-26(6)20-25-27-18(24-21(3,4)5)17(23-19(27)29-20)15-11-9-8-10-12-15/h8-12,14,24H,7,13H2,1-6H3,(H,22,28)/t14-/m1/s1. The van der Waals surface area contributed by atoms with E-state index in [2.05, 4.69) is 38.3 Å². The van der Waals surface area contributed by atoms with Crippen molar-refractivity contribution in [1.82, 2.24) is 19.9 Å². The summed E-state index contributed by atoms with van der Waals surface area (Å²) >= 11 is 1.47. The second-order valence-corrected chi connectivity index (χ2v) is 9.30. The Kier molecular flexibility index (Phi) is 6.12. The van der Waals surface area contributed by atoms with Gasteiger partial charge in [0.25, 0.3) is 0 Å². The average molecular weight is 415 g/mol. The van der Waals surface area contributed by atoms with Crippen molar-refractivity contribution in [3.8, 4) is 11.3 Å². The number of nitrogens with one attached hydrogen (secondary N) is 2. The van der Waals surface area contributed by atoms with Crippen LogP contribution in [0.2, 0.25) is 0 Å². The minimum Gasteiger partial charge on any atom is -0.364 e. The van der Waals surface area contributed by atoms with Gasteiger partial charge in [0.05, 0.1) is 6.54 Å². The summed E-state index contributed by atoms with van der Waals surface area (Å²) in [5.74, 6) is 0.853. The van der Waals surface area contributed by atoms with Crippen molar-refractivity contribution >= 4 is 33.2 Å². The fourth-order valence-corrected chi connectivity index (χ4v) is 3.72. The van der Waals surface area contributed by atoms with Gasteiger partial charge >= 0.3 is 0 Å². The third-order valence-electron chi connectivity index (χ3n) is 4.46. The molecule has 3 aromatic rings. The summed E-state index contributed by atoms with van der Waals surface area (Å²) in [6.07, 6.45) is 0.907. The molecule has 0 saturated carbocycles. The molecule has 0 aliphatic carbocycles. The first-order valence-corrected chi connectivity index (χ1v) is 10.7.